The number of aliphatic hydroxyl groups is 1. The van der Waals surface area contributed by atoms with Crippen LogP contribution in [0.25, 0.3) is 16.7 Å². The molecule has 3 N–H and O–H groups in total. The highest BCUT2D eigenvalue weighted by atomic mass is 16.5. The zero-order valence-electron chi connectivity index (χ0n) is 18.2. The summed E-state index contributed by atoms with van der Waals surface area (Å²) in [5.74, 6) is 1.73. The first-order valence-corrected chi connectivity index (χ1v) is 10.2. The third kappa shape index (κ3) is 4.30. The van der Waals surface area contributed by atoms with E-state index in [0.29, 0.717) is 24.6 Å². The van der Waals surface area contributed by atoms with Crippen LogP contribution in [0.1, 0.15) is 38.1 Å². The minimum Gasteiger partial charge on any atom is -0.494 e. The van der Waals surface area contributed by atoms with Crippen molar-refractivity contribution < 1.29 is 14.6 Å². The van der Waals surface area contributed by atoms with Crippen LogP contribution in [0.2, 0.25) is 0 Å². The van der Waals surface area contributed by atoms with Gasteiger partial charge >= 0.3 is 0 Å². The number of fused-ring (bicyclic) bond motifs is 3. The van der Waals surface area contributed by atoms with Crippen LogP contribution >= 0.6 is 0 Å². The molecule has 1 amide bonds. The van der Waals surface area contributed by atoms with Gasteiger partial charge in [0, 0.05) is 13.1 Å². The van der Waals surface area contributed by atoms with Crippen molar-refractivity contribution in [3.63, 3.8) is 0 Å². The Bertz CT molecular complexity index is 1050. The van der Waals surface area contributed by atoms with Gasteiger partial charge in [0.15, 0.2) is 5.82 Å². The van der Waals surface area contributed by atoms with Gasteiger partial charge < -0.3 is 20.5 Å². The highest BCUT2D eigenvalue weighted by Gasteiger charge is 2.18. The van der Waals surface area contributed by atoms with Crippen molar-refractivity contribution in [3.05, 3.63) is 23.5 Å². The molecule has 162 valence electrons. The van der Waals surface area contributed by atoms with Gasteiger partial charge in [0.1, 0.15) is 23.2 Å². The van der Waals surface area contributed by atoms with Crippen molar-refractivity contribution in [2.45, 2.75) is 46.6 Å². The highest BCUT2D eigenvalue weighted by molar-refractivity contribution is 5.88. The summed E-state index contributed by atoms with van der Waals surface area (Å²) in [6, 6.07) is 4.00. The summed E-state index contributed by atoms with van der Waals surface area (Å²) < 4.78 is 7.56. The third-order valence-corrected chi connectivity index (χ3v) is 5.11. The SMILES string of the molecule is COc1c(C)ccc2c1nc(NCCCCNC(=O)[C@H](O)C(C)C)c1nnc(C)n12. The van der Waals surface area contributed by atoms with Gasteiger partial charge in [0.25, 0.3) is 0 Å². The molecule has 0 saturated carbocycles. The number of aryl methyl sites for hydroxylation is 2. The zero-order valence-corrected chi connectivity index (χ0v) is 18.2. The van der Waals surface area contributed by atoms with Crippen LogP contribution in [0.15, 0.2) is 12.1 Å². The zero-order chi connectivity index (χ0) is 21.8. The molecule has 0 aliphatic carbocycles. The molecule has 2 heterocycles. The molecule has 0 spiro atoms. The van der Waals surface area contributed by atoms with Crippen molar-refractivity contribution in [2.75, 3.05) is 25.5 Å². The minimum atomic E-state index is -0.965. The first-order chi connectivity index (χ1) is 14.3. The number of nitrogens with one attached hydrogen (secondary N) is 2. The van der Waals surface area contributed by atoms with Crippen LogP contribution in [-0.2, 0) is 4.79 Å². The lowest BCUT2D eigenvalue weighted by molar-refractivity contribution is -0.131. The van der Waals surface area contributed by atoms with Crippen LogP contribution in [0.3, 0.4) is 0 Å². The van der Waals surface area contributed by atoms with Gasteiger partial charge in [-0.1, -0.05) is 19.9 Å². The number of ether oxygens (including phenoxy) is 1. The van der Waals surface area contributed by atoms with Gasteiger partial charge in [0.05, 0.1) is 12.6 Å². The van der Waals surface area contributed by atoms with E-state index in [0.717, 1.165) is 41.0 Å². The molecule has 0 saturated heterocycles. The number of amides is 1. The van der Waals surface area contributed by atoms with E-state index in [1.54, 1.807) is 7.11 Å². The molecule has 0 unspecified atom stereocenters. The van der Waals surface area contributed by atoms with Crippen LogP contribution < -0.4 is 15.4 Å². The molecule has 30 heavy (non-hydrogen) atoms. The van der Waals surface area contributed by atoms with Crippen molar-refractivity contribution in [3.8, 4) is 5.75 Å². The molecule has 9 heteroatoms. The molecule has 3 aromatic rings. The number of hydrogen-bond donors (Lipinski definition) is 3. The fourth-order valence-electron chi connectivity index (χ4n) is 3.37. The molecular formula is C21H30N6O3. The van der Waals surface area contributed by atoms with E-state index in [4.69, 9.17) is 9.72 Å². The fourth-order valence-corrected chi connectivity index (χ4v) is 3.37. The second-order valence-electron chi connectivity index (χ2n) is 7.76. The number of carbonyl (C=O) groups excluding carboxylic acids is 1. The topological polar surface area (TPSA) is 114 Å². The number of unbranched alkanes of at least 4 members (excludes halogenated alkanes) is 1. The average Bonchev–Trinajstić information content (AvgIpc) is 3.11. The van der Waals surface area contributed by atoms with Crippen molar-refractivity contribution >= 4 is 28.4 Å². The van der Waals surface area contributed by atoms with Gasteiger partial charge in [-0.15, -0.1) is 10.2 Å². The monoisotopic (exact) mass is 414 g/mol. The number of hydrogen-bond acceptors (Lipinski definition) is 7. The molecule has 9 nitrogen and oxygen atoms in total. The predicted octanol–water partition coefficient (Wildman–Crippen LogP) is 2.23. The maximum atomic E-state index is 11.8. The average molecular weight is 415 g/mol. The quantitative estimate of drug-likeness (QED) is 0.460. The molecule has 3 rings (SSSR count). The lowest BCUT2D eigenvalue weighted by Gasteiger charge is -2.14. The summed E-state index contributed by atoms with van der Waals surface area (Å²) >= 11 is 0. The predicted molar refractivity (Wildman–Crippen MR) is 116 cm³/mol. The van der Waals surface area contributed by atoms with E-state index in [1.165, 1.54) is 0 Å². The van der Waals surface area contributed by atoms with E-state index in [2.05, 4.69) is 20.8 Å². The summed E-state index contributed by atoms with van der Waals surface area (Å²) in [5.41, 5.74) is 3.32. The number of methoxy groups -OCH3 is 1. The second kappa shape index (κ2) is 9.25. The van der Waals surface area contributed by atoms with Crippen molar-refractivity contribution in [1.29, 1.82) is 0 Å². The minimum absolute atomic E-state index is 0.0970. The van der Waals surface area contributed by atoms with Gasteiger partial charge in [-0.25, -0.2) is 4.98 Å². The van der Waals surface area contributed by atoms with Crippen molar-refractivity contribution in [2.24, 2.45) is 5.92 Å². The Morgan fingerprint density at radius 3 is 2.63 bits per heavy atom. The summed E-state index contributed by atoms with van der Waals surface area (Å²) in [6.45, 7) is 8.70. The van der Waals surface area contributed by atoms with Gasteiger partial charge in [0.2, 0.25) is 11.6 Å². The van der Waals surface area contributed by atoms with Gasteiger partial charge in [-0.05, 0) is 44.2 Å². The first-order valence-electron chi connectivity index (χ1n) is 10.2. The number of aliphatic hydroxyl groups excluding tert-OH is 1. The summed E-state index contributed by atoms with van der Waals surface area (Å²) in [5, 5.41) is 24.3. The van der Waals surface area contributed by atoms with E-state index in [-0.39, 0.29) is 11.8 Å². The number of rotatable bonds is 9. The van der Waals surface area contributed by atoms with Crippen LogP contribution in [0, 0.1) is 19.8 Å². The molecule has 0 aliphatic heterocycles. The summed E-state index contributed by atoms with van der Waals surface area (Å²) in [7, 11) is 1.64. The smallest absolute Gasteiger partial charge is 0.249 e. The largest absolute Gasteiger partial charge is 0.494 e. The van der Waals surface area contributed by atoms with E-state index < -0.39 is 6.10 Å². The lowest BCUT2D eigenvalue weighted by Crippen LogP contribution is -2.38. The molecule has 2 aromatic heterocycles. The Hall–Kier alpha value is -2.94. The van der Waals surface area contributed by atoms with E-state index in [9.17, 15) is 9.90 Å². The first kappa shape index (κ1) is 21.8. The molecule has 1 aromatic carbocycles. The molecule has 1 atom stereocenters. The standard InChI is InChI=1S/C21H30N6O3/c1-12(2)17(28)21(29)23-11-7-6-10-22-19-20-26-25-14(4)27(20)15-9-8-13(3)18(30-5)16(15)24-19/h8-9,12,17,28H,6-7,10-11H2,1-5H3,(H,22,24)(H,23,29)/t17-/m1/s1. The van der Waals surface area contributed by atoms with Crippen LogP contribution in [0.5, 0.6) is 5.75 Å². The maximum absolute atomic E-state index is 11.8. The summed E-state index contributed by atoms with van der Waals surface area (Å²) in [6.07, 6.45) is 0.636. The summed E-state index contributed by atoms with van der Waals surface area (Å²) in [4.78, 5) is 16.6. The Labute approximate surface area is 175 Å². The Balaban J connectivity index is 1.69. The fraction of sp³-hybridized carbons (Fsp3) is 0.524. The number of benzene rings is 1. The molecular weight excluding hydrogens is 384 g/mol. The number of carbonyl (C=O) groups is 1. The number of nitrogens with zero attached hydrogens (tertiary/aromatic N) is 4. The van der Waals surface area contributed by atoms with E-state index >= 15 is 0 Å². The molecule has 0 fully saturated rings. The Morgan fingerprint density at radius 1 is 1.20 bits per heavy atom. The second-order valence-corrected chi connectivity index (χ2v) is 7.76. The molecule has 0 aliphatic rings. The number of aromatic nitrogens is 4. The Kier molecular flexibility index (Phi) is 6.71. The van der Waals surface area contributed by atoms with Crippen LogP contribution in [0.4, 0.5) is 5.82 Å². The Morgan fingerprint density at radius 2 is 1.93 bits per heavy atom. The maximum Gasteiger partial charge on any atom is 0.249 e. The number of anilines is 1. The molecule has 0 radical (unpaired) electrons. The lowest BCUT2D eigenvalue weighted by atomic mass is 10.1. The normalized spacial score (nSPS) is 12.5. The van der Waals surface area contributed by atoms with Gasteiger partial charge in [-0.3, -0.25) is 9.20 Å². The van der Waals surface area contributed by atoms with Crippen molar-refractivity contribution in [1.82, 2.24) is 24.9 Å². The molecule has 0 bridgehead atoms. The highest BCUT2D eigenvalue weighted by Crippen LogP contribution is 2.31. The van der Waals surface area contributed by atoms with Crippen LogP contribution in [-0.4, -0.2) is 56.9 Å². The van der Waals surface area contributed by atoms with Gasteiger partial charge in [-0.2, -0.15) is 0 Å². The third-order valence-electron chi connectivity index (χ3n) is 5.11. The van der Waals surface area contributed by atoms with E-state index in [1.807, 2.05) is 44.2 Å².